The highest BCUT2D eigenvalue weighted by Crippen LogP contribution is 2.21. The largest absolute Gasteiger partial charge is 0.479 e. The molecule has 7 nitrogen and oxygen atoms in total. The number of aromatic nitrogens is 3. The molecule has 3 aromatic heterocycles. The van der Waals surface area contributed by atoms with Gasteiger partial charge in [0.15, 0.2) is 5.54 Å². The van der Waals surface area contributed by atoms with Gasteiger partial charge in [-0.15, -0.1) is 11.3 Å². The lowest BCUT2D eigenvalue weighted by molar-refractivity contribution is -0.146. The summed E-state index contributed by atoms with van der Waals surface area (Å²) < 4.78 is 2.23. The van der Waals surface area contributed by atoms with Gasteiger partial charge in [-0.05, 0) is 31.4 Å². The first-order chi connectivity index (χ1) is 10.9. The zero-order valence-electron chi connectivity index (χ0n) is 12.5. The number of nitrogens with one attached hydrogen (secondary N) is 1. The minimum Gasteiger partial charge on any atom is -0.479 e. The van der Waals surface area contributed by atoms with Crippen molar-refractivity contribution in [2.24, 2.45) is 0 Å². The summed E-state index contributed by atoms with van der Waals surface area (Å²) in [4.78, 5) is 27.7. The van der Waals surface area contributed by atoms with Crippen molar-refractivity contribution in [1.82, 2.24) is 14.8 Å². The Labute approximate surface area is 135 Å². The van der Waals surface area contributed by atoms with E-state index in [1.165, 1.54) is 48.5 Å². The van der Waals surface area contributed by atoms with Gasteiger partial charge in [0.1, 0.15) is 0 Å². The van der Waals surface area contributed by atoms with Gasteiger partial charge in [0, 0.05) is 12.4 Å². The maximum absolute atomic E-state index is 12.3. The fraction of sp³-hybridized carbons (Fsp3) is 0.200. The summed E-state index contributed by atoms with van der Waals surface area (Å²) in [7, 11) is 0. The Morgan fingerprint density at radius 3 is 2.87 bits per heavy atom. The van der Waals surface area contributed by atoms with E-state index in [-0.39, 0.29) is 5.91 Å². The Balaban J connectivity index is 1.80. The molecule has 0 unspecified atom stereocenters. The Kier molecular flexibility index (Phi) is 3.61. The number of hydrogen-bond acceptors (Lipinski definition) is 5. The molecular formula is C15H14N4O3S. The summed E-state index contributed by atoms with van der Waals surface area (Å²) >= 11 is 1.51. The molecule has 3 rings (SSSR count). The topological polar surface area (TPSA) is 97.1 Å². The van der Waals surface area contributed by atoms with E-state index in [9.17, 15) is 14.7 Å². The van der Waals surface area contributed by atoms with Crippen LogP contribution in [0.15, 0.2) is 36.1 Å². The van der Waals surface area contributed by atoms with Gasteiger partial charge in [0.25, 0.3) is 5.91 Å². The van der Waals surface area contributed by atoms with E-state index < -0.39 is 11.5 Å². The van der Waals surface area contributed by atoms with E-state index in [1.807, 2.05) is 11.4 Å². The number of carboxylic acid groups (broad SMARTS) is 1. The summed E-state index contributed by atoms with van der Waals surface area (Å²) in [5.41, 5.74) is 0.517. The molecule has 118 valence electrons. The minimum atomic E-state index is -1.19. The molecule has 0 fully saturated rings. The molecule has 0 saturated carbocycles. The van der Waals surface area contributed by atoms with Gasteiger partial charge in [-0.25, -0.2) is 4.79 Å². The highest BCUT2D eigenvalue weighted by Gasteiger charge is 2.30. The number of pyridine rings is 1. The predicted octanol–water partition coefficient (Wildman–Crippen LogP) is 2.56. The molecule has 2 N–H and O–H groups in total. The highest BCUT2D eigenvalue weighted by molar-refractivity contribution is 7.17. The summed E-state index contributed by atoms with van der Waals surface area (Å²) in [5, 5.41) is 17.8. The first-order valence-corrected chi connectivity index (χ1v) is 7.69. The fourth-order valence-corrected chi connectivity index (χ4v) is 2.75. The summed E-state index contributed by atoms with van der Waals surface area (Å²) in [6, 6.07) is 3.66. The molecule has 3 aromatic rings. The van der Waals surface area contributed by atoms with Gasteiger partial charge in [-0.3, -0.25) is 14.5 Å². The molecule has 3 heterocycles. The molecule has 1 amide bonds. The van der Waals surface area contributed by atoms with Crippen LogP contribution < -0.4 is 5.32 Å². The van der Waals surface area contributed by atoms with Crippen molar-refractivity contribution in [2.45, 2.75) is 19.4 Å². The lowest BCUT2D eigenvalue weighted by atomic mass is 10.1. The fourth-order valence-electron chi connectivity index (χ4n) is 1.96. The van der Waals surface area contributed by atoms with Gasteiger partial charge in [0.05, 0.1) is 27.7 Å². The number of fused-ring (bicyclic) bond motifs is 1. The number of nitrogens with zero attached hydrogens (tertiary/aromatic N) is 3. The van der Waals surface area contributed by atoms with Crippen LogP contribution >= 0.6 is 11.3 Å². The molecule has 0 saturated heterocycles. The third-order valence-electron chi connectivity index (χ3n) is 3.50. The van der Waals surface area contributed by atoms with Crippen LogP contribution in [-0.4, -0.2) is 31.7 Å². The number of amides is 1. The van der Waals surface area contributed by atoms with Crippen LogP contribution in [-0.2, 0) is 10.3 Å². The number of hydrogen-bond donors (Lipinski definition) is 2. The standard InChI is InChI=1S/C15H14N4O3S/c1-15(2,14(21)22)19-8-10(7-17-19)18-13(20)9-5-12-11(16-6-9)3-4-23-12/h3-8H,1-2H3,(H,18,20)(H,21,22). The van der Waals surface area contributed by atoms with Crippen LogP contribution in [0.1, 0.15) is 24.2 Å². The van der Waals surface area contributed by atoms with Crippen LogP contribution in [0.2, 0.25) is 0 Å². The van der Waals surface area contributed by atoms with Crippen molar-refractivity contribution >= 4 is 39.1 Å². The summed E-state index contributed by atoms with van der Waals surface area (Å²) in [5.74, 6) is -1.33. The normalized spacial score (nSPS) is 11.6. The van der Waals surface area contributed by atoms with Crippen LogP contribution in [0, 0.1) is 0 Å². The molecule has 23 heavy (non-hydrogen) atoms. The first-order valence-electron chi connectivity index (χ1n) is 6.81. The molecular weight excluding hydrogens is 316 g/mol. The quantitative estimate of drug-likeness (QED) is 0.766. The Morgan fingerprint density at radius 2 is 2.13 bits per heavy atom. The van der Waals surface area contributed by atoms with Crippen molar-refractivity contribution in [3.05, 3.63) is 41.7 Å². The van der Waals surface area contributed by atoms with Gasteiger partial charge in [-0.1, -0.05) is 0 Å². The maximum atomic E-state index is 12.3. The van der Waals surface area contributed by atoms with Crippen molar-refractivity contribution < 1.29 is 14.7 Å². The smallest absolute Gasteiger partial charge is 0.331 e. The molecule has 0 atom stereocenters. The maximum Gasteiger partial charge on any atom is 0.331 e. The Hall–Kier alpha value is -2.74. The van der Waals surface area contributed by atoms with Gasteiger partial charge >= 0.3 is 5.97 Å². The van der Waals surface area contributed by atoms with Crippen LogP contribution in [0.25, 0.3) is 10.2 Å². The average Bonchev–Trinajstić information content (AvgIpc) is 3.14. The molecule has 0 aromatic carbocycles. The number of carbonyl (C=O) groups excluding carboxylic acids is 1. The van der Waals surface area contributed by atoms with E-state index in [0.717, 1.165) is 10.2 Å². The lowest BCUT2D eigenvalue weighted by Crippen LogP contribution is -2.35. The number of carbonyl (C=O) groups is 2. The second kappa shape index (κ2) is 5.47. The molecule has 8 heteroatoms. The predicted molar refractivity (Wildman–Crippen MR) is 86.8 cm³/mol. The third kappa shape index (κ3) is 2.80. The molecule has 0 spiro atoms. The van der Waals surface area contributed by atoms with Gasteiger partial charge < -0.3 is 10.4 Å². The van der Waals surface area contributed by atoms with Crippen LogP contribution in [0.4, 0.5) is 5.69 Å². The number of anilines is 1. The first kappa shape index (κ1) is 15.2. The van der Waals surface area contributed by atoms with Crippen LogP contribution in [0.3, 0.4) is 0 Å². The van der Waals surface area contributed by atoms with Crippen molar-refractivity contribution in [2.75, 3.05) is 5.32 Å². The minimum absolute atomic E-state index is 0.319. The average molecular weight is 330 g/mol. The van der Waals surface area contributed by atoms with E-state index in [0.29, 0.717) is 11.3 Å². The van der Waals surface area contributed by atoms with Gasteiger partial charge in [-0.2, -0.15) is 5.10 Å². The van der Waals surface area contributed by atoms with Crippen molar-refractivity contribution in [1.29, 1.82) is 0 Å². The van der Waals surface area contributed by atoms with E-state index in [2.05, 4.69) is 15.4 Å². The van der Waals surface area contributed by atoms with Crippen molar-refractivity contribution in [3.63, 3.8) is 0 Å². The summed E-state index contributed by atoms with van der Waals surface area (Å²) in [6.45, 7) is 3.06. The molecule has 0 aliphatic carbocycles. The monoisotopic (exact) mass is 330 g/mol. The highest BCUT2D eigenvalue weighted by atomic mass is 32.1. The molecule has 0 bridgehead atoms. The third-order valence-corrected chi connectivity index (χ3v) is 4.35. The van der Waals surface area contributed by atoms with Gasteiger partial charge in [0.2, 0.25) is 0 Å². The number of thiophene rings is 1. The molecule has 0 radical (unpaired) electrons. The summed E-state index contributed by atoms with van der Waals surface area (Å²) in [6.07, 6.45) is 4.42. The van der Waals surface area contributed by atoms with Crippen molar-refractivity contribution in [3.8, 4) is 0 Å². The second-order valence-electron chi connectivity index (χ2n) is 5.52. The zero-order valence-corrected chi connectivity index (χ0v) is 13.3. The SMILES string of the molecule is CC(C)(C(=O)O)n1cc(NC(=O)c2cnc3ccsc3c2)cn1. The number of carboxylic acids is 1. The lowest BCUT2D eigenvalue weighted by Gasteiger charge is -2.19. The Morgan fingerprint density at radius 1 is 1.35 bits per heavy atom. The van der Waals surface area contributed by atoms with Crippen LogP contribution in [0.5, 0.6) is 0 Å². The second-order valence-corrected chi connectivity index (χ2v) is 6.47. The number of aliphatic carboxylic acids is 1. The molecule has 0 aliphatic rings. The molecule has 0 aliphatic heterocycles. The zero-order chi connectivity index (χ0) is 16.6. The van der Waals surface area contributed by atoms with E-state index >= 15 is 0 Å². The number of rotatable bonds is 4. The van der Waals surface area contributed by atoms with E-state index in [4.69, 9.17) is 0 Å². The Bertz CT molecular complexity index is 897. The van der Waals surface area contributed by atoms with E-state index in [1.54, 1.807) is 6.07 Å².